The van der Waals surface area contributed by atoms with Gasteiger partial charge >= 0.3 is 0 Å². The van der Waals surface area contributed by atoms with Crippen molar-refractivity contribution >= 4 is 23.5 Å². The lowest BCUT2D eigenvalue weighted by Gasteiger charge is -2.25. The number of anilines is 3. The number of aliphatic hydroxyl groups is 1. The molecule has 0 radical (unpaired) electrons. The molecule has 0 saturated heterocycles. The van der Waals surface area contributed by atoms with Crippen molar-refractivity contribution in [3.05, 3.63) is 42.0 Å². The zero-order chi connectivity index (χ0) is 16.2. The third kappa shape index (κ3) is 3.57. The van der Waals surface area contributed by atoms with Gasteiger partial charge < -0.3 is 20.6 Å². The summed E-state index contributed by atoms with van der Waals surface area (Å²) in [5.74, 6) is 2.09. The fourth-order valence-corrected chi connectivity index (χ4v) is 2.37. The third-order valence-corrected chi connectivity index (χ3v) is 3.55. The number of hydrogen-bond acceptors (Lipinski definition) is 7. The molecule has 3 heterocycles. The number of fused-ring (bicyclic) bond motifs is 1. The molecule has 7 nitrogen and oxygen atoms in total. The maximum Gasteiger partial charge on any atom is 0.150 e. The third-order valence-electron chi connectivity index (χ3n) is 3.55. The average molecular weight is 312 g/mol. The molecular weight excluding hydrogens is 292 g/mol. The lowest BCUT2D eigenvalue weighted by Crippen LogP contribution is -2.24. The van der Waals surface area contributed by atoms with Crippen molar-refractivity contribution in [3.8, 4) is 0 Å². The van der Waals surface area contributed by atoms with Crippen molar-refractivity contribution in [3.63, 3.8) is 0 Å². The van der Waals surface area contributed by atoms with Gasteiger partial charge in [0, 0.05) is 37.6 Å². The number of aromatic nitrogens is 3. The van der Waals surface area contributed by atoms with Crippen LogP contribution < -0.4 is 10.6 Å². The number of nitrogens with one attached hydrogen (secondary N) is 2. The lowest BCUT2D eigenvalue weighted by molar-refractivity contribution is 0.281. The largest absolute Gasteiger partial charge is 0.394 e. The van der Waals surface area contributed by atoms with E-state index in [-0.39, 0.29) is 12.6 Å². The highest BCUT2D eigenvalue weighted by Gasteiger charge is 2.17. The summed E-state index contributed by atoms with van der Waals surface area (Å²) >= 11 is 0. The molecule has 1 aliphatic rings. The first-order valence-electron chi connectivity index (χ1n) is 7.48. The maximum absolute atomic E-state index is 9.31. The zero-order valence-electron chi connectivity index (χ0n) is 13.2. The van der Waals surface area contributed by atoms with E-state index in [1.54, 1.807) is 18.6 Å². The summed E-state index contributed by atoms with van der Waals surface area (Å²) < 4.78 is 0. The van der Waals surface area contributed by atoms with Gasteiger partial charge in [0.1, 0.15) is 17.5 Å². The van der Waals surface area contributed by atoms with E-state index in [0.717, 1.165) is 23.5 Å². The normalized spacial score (nSPS) is 14.3. The predicted octanol–water partition coefficient (Wildman–Crippen LogP) is 1.82. The van der Waals surface area contributed by atoms with Gasteiger partial charge in [-0.2, -0.15) is 0 Å². The lowest BCUT2D eigenvalue weighted by atomic mass is 10.1. The van der Waals surface area contributed by atoms with Crippen LogP contribution >= 0.6 is 0 Å². The Hall–Kier alpha value is -2.67. The van der Waals surface area contributed by atoms with Gasteiger partial charge in [-0.3, -0.25) is 4.98 Å². The van der Waals surface area contributed by atoms with Crippen LogP contribution in [0.4, 0.5) is 17.5 Å². The first kappa shape index (κ1) is 15.2. The zero-order valence-corrected chi connectivity index (χ0v) is 13.2. The number of pyridine rings is 1. The molecule has 1 atom stereocenters. The summed E-state index contributed by atoms with van der Waals surface area (Å²) in [6, 6.07) is 1.91. The molecule has 23 heavy (non-hydrogen) atoms. The van der Waals surface area contributed by atoms with Crippen LogP contribution in [0.25, 0.3) is 6.08 Å². The minimum atomic E-state index is -0.0745. The van der Waals surface area contributed by atoms with Gasteiger partial charge in [-0.1, -0.05) is 0 Å². The van der Waals surface area contributed by atoms with Crippen LogP contribution in [0.15, 0.2) is 30.9 Å². The molecule has 2 aromatic rings. The molecule has 0 fully saturated rings. The Morgan fingerprint density at radius 1 is 1.35 bits per heavy atom. The van der Waals surface area contributed by atoms with E-state index in [9.17, 15) is 5.11 Å². The van der Waals surface area contributed by atoms with Crippen LogP contribution in [0.5, 0.6) is 0 Å². The Balaban J connectivity index is 1.96. The Labute approximate surface area is 135 Å². The van der Waals surface area contributed by atoms with Crippen LogP contribution in [0.1, 0.15) is 18.1 Å². The van der Waals surface area contributed by atoms with Crippen molar-refractivity contribution in [2.75, 3.05) is 24.3 Å². The molecule has 2 aromatic heterocycles. The average Bonchev–Trinajstić information content (AvgIpc) is 2.56. The Kier molecular flexibility index (Phi) is 4.38. The molecule has 0 bridgehead atoms. The molecule has 3 rings (SSSR count). The summed E-state index contributed by atoms with van der Waals surface area (Å²) in [5, 5.41) is 15.7. The van der Waals surface area contributed by atoms with E-state index in [1.807, 2.05) is 26.2 Å². The molecule has 0 aromatic carbocycles. The van der Waals surface area contributed by atoms with Crippen LogP contribution in [0.3, 0.4) is 0 Å². The first-order valence-corrected chi connectivity index (χ1v) is 7.48. The molecule has 0 spiro atoms. The SMILES string of the molecule is C[C@@H](CO)Nc1nc(Nc2cnccn2)cc2c1CN(C)C=C2. The number of nitrogens with zero attached hydrogens (tertiary/aromatic N) is 4. The molecule has 7 heteroatoms. The van der Waals surface area contributed by atoms with Crippen molar-refractivity contribution in [2.45, 2.75) is 19.5 Å². The van der Waals surface area contributed by atoms with Gasteiger partial charge in [0.15, 0.2) is 0 Å². The summed E-state index contributed by atoms with van der Waals surface area (Å²) in [4.78, 5) is 15.0. The minimum Gasteiger partial charge on any atom is -0.394 e. The van der Waals surface area contributed by atoms with E-state index in [1.165, 1.54) is 0 Å². The fourth-order valence-electron chi connectivity index (χ4n) is 2.37. The van der Waals surface area contributed by atoms with E-state index in [2.05, 4.69) is 36.6 Å². The number of hydrogen-bond donors (Lipinski definition) is 3. The molecule has 1 aliphatic heterocycles. The van der Waals surface area contributed by atoms with Gasteiger partial charge in [0.05, 0.1) is 12.8 Å². The monoisotopic (exact) mass is 312 g/mol. The summed E-state index contributed by atoms with van der Waals surface area (Å²) in [5.41, 5.74) is 2.21. The summed E-state index contributed by atoms with van der Waals surface area (Å²) in [6.07, 6.45) is 8.99. The molecular formula is C16H20N6O. The molecule has 0 amide bonds. The van der Waals surface area contributed by atoms with Gasteiger partial charge in [-0.25, -0.2) is 9.97 Å². The van der Waals surface area contributed by atoms with E-state index < -0.39 is 0 Å². The summed E-state index contributed by atoms with van der Waals surface area (Å²) in [6.45, 7) is 2.73. The number of rotatable bonds is 5. The second kappa shape index (κ2) is 6.62. The highest BCUT2D eigenvalue weighted by Crippen LogP contribution is 2.28. The minimum absolute atomic E-state index is 0.0456. The van der Waals surface area contributed by atoms with E-state index in [4.69, 9.17) is 0 Å². The standard InChI is InChI=1S/C16H20N6O/c1-11(10-23)19-16-13-9-22(2)6-3-12(13)7-14(21-16)20-15-8-17-4-5-18-15/h3-8,11,23H,9-10H2,1-2H3,(H2,18,19,20,21)/t11-/m0/s1. The van der Waals surface area contributed by atoms with E-state index >= 15 is 0 Å². The Morgan fingerprint density at radius 3 is 2.96 bits per heavy atom. The van der Waals surface area contributed by atoms with Gasteiger partial charge in [-0.15, -0.1) is 0 Å². The van der Waals surface area contributed by atoms with Crippen LogP contribution in [0.2, 0.25) is 0 Å². The first-order chi connectivity index (χ1) is 11.2. The van der Waals surface area contributed by atoms with Crippen molar-refractivity contribution in [2.24, 2.45) is 0 Å². The highest BCUT2D eigenvalue weighted by molar-refractivity contribution is 5.69. The number of aliphatic hydroxyl groups excluding tert-OH is 1. The second-order valence-corrected chi connectivity index (χ2v) is 5.60. The molecule has 3 N–H and O–H groups in total. The van der Waals surface area contributed by atoms with Crippen molar-refractivity contribution in [1.82, 2.24) is 19.9 Å². The van der Waals surface area contributed by atoms with Crippen LogP contribution in [-0.4, -0.2) is 44.7 Å². The van der Waals surface area contributed by atoms with Crippen LogP contribution in [0, 0.1) is 0 Å². The molecule has 0 aliphatic carbocycles. The maximum atomic E-state index is 9.31. The van der Waals surface area contributed by atoms with E-state index in [0.29, 0.717) is 11.6 Å². The van der Waals surface area contributed by atoms with Gasteiger partial charge in [0.2, 0.25) is 0 Å². The van der Waals surface area contributed by atoms with Crippen molar-refractivity contribution in [1.29, 1.82) is 0 Å². The quantitative estimate of drug-likeness (QED) is 0.776. The Morgan fingerprint density at radius 2 is 2.22 bits per heavy atom. The van der Waals surface area contributed by atoms with Crippen molar-refractivity contribution < 1.29 is 5.11 Å². The Bertz CT molecular complexity index is 703. The topological polar surface area (TPSA) is 86.2 Å². The van der Waals surface area contributed by atoms with Gasteiger partial charge in [-0.05, 0) is 30.8 Å². The molecule has 120 valence electrons. The molecule has 0 saturated carbocycles. The predicted molar refractivity (Wildman–Crippen MR) is 90.2 cm³/mol. The molecule has 0 unspecified atom stereocenters. The van der Waals surface area contributed by atoms with Gasteiger partial charge in [0.25, 0.3) is 0 Å². The summed E-state index contributed by atoms with van der Waals surface area (Å²) in [7, 11) is 2.02. The smallest absolute Gasteiger partial charge is 0.150 e. The highest BCUT2D eigenvalue weighted by atomic mass is 16.3. The fraction of sp³-hybridized carbons (Fsp3) is 0.312. The van der Waals surface area contributed by atoms with Crippen LogP contribution in [-0.2, 0) is 6.54 Å². The second-order valence-electron chi connectivity index (χ2n) is 5.60.